The normalized spacial score (nSPS) is 13.9. The molecule has 8 heteroatoms. The second kappa shape index (κ2) is 13.3. The van der Waals surface area contributed by atoms with Gasteiger partial charge in [-0.15, -0.1) is 0 Å². The largest absolute Gasteiger partial charge is 0.489 e. The van der Waals surface area contributed by atoms with E-state index in [-0.39, 0.29) is 18.6 Å². The Morgan fingerprint density at radius 1 is 0.596 bits per heavy atom. The van der Waals surface area contributed by atoms with Gasteiger partial charge in [-0.3, -0.25) is 9.59 Å². The van der Waals surface area contributed by atoms with Crippen molar-refractivity contribution in [1.82, 2.24) is 0 Å². The smallest absolute Gasteiger partial charge is 0.339 e. The van der Waals surface area contributed by atoms with Crippen LogP contribution in [0, 0.1) is 0 Å². The lowest BCUT2D eigenvalue weighted by Gasteiger charge is -2.26. The molecule has 0 fully saturated rings. The highest BCUT2D eigenvalue weighted by molar-refractivity contribution is 6.28. The van der Waals surface area contributed by atoms with E-state index in [1.54, 1.807) is 12.2 Å². The number of hydrogen-bond donors (Lipinski definition) is 0. The Morgan fingerprint density at radius 3 is 1.34 bits per heavy atom. The summed E-state index contributed by atoms with van der Waals surface area (Å²) >= 11 is 0. The molecule has 2 unspecified atom stereocenters. The minimum absolute atomic E-state index is 0.107. The van der Waals surface area contributed by atoms with Gasteiger partial charge in [-0.2, -0.15) is 0 Å². The molecule has 0 spiro atoms. The molecule has 0 aromatic heterocycles. The summed E-state index contributed by atoms with van der Waals surface area (Å²) in [4.78, 5) is 48.2. The average molecular weight is 629 g/mol. The zero-order valence-electron chi connectivity index (χ0n) is 25.9. The third-order valence-electron chi connectivity index (χ3n) is 8.34. The first-order valence-electron chi connectivity index (χ1n) is 15.2. The highest BCUT2D eigenvalue weighted by Crippen LogP contribution is 2.35. The second-order valence-corrected chi connectivity index (χ2v) is 11.7. The Hall–Kier alpha value is -5.76. The molecule has 4 aromatic rings. The Balaban J connectivity index is 0.989. The van der Waals surface area contributed by atoms with Crippen LogP contribution in [-0.4, -0.2) is 49.9 Å². The van der Waals surface area contributed by atoms with E-state index < -0.39 is 24.1 Å². The Labute approximate surface area is 272 Å². The minimum atomic E-state index is -1.04. The summed E-state index contributed by atoms with van der Waals surface area (Å²) in [7, 11) is 0. The lowest BCUT2D eigenvalue weighted by molar-refractivity contribution is -0.147. The molecule has 0 amide bonds. The molecule has 2 aliphatic carbocycles. The summed E-state index contributed by atoms with van der Waals surface area (Å²) in [6.45, 7) is 3.96. The number of carbonyl (C=O) groups is 4. The third-order valence-corrected chi connectivity index (χ3v) is 8.34. The highest BCUT2D eigenvalue weighted by Gasteiger charge is 2.28. The Kier molecular flexibility index (Phi) is 8.84. The van der Waals surface area contributed by atoms with Crippen molar-refractivity contribution in [2.24, 2.45) is 0 Å². The van der Waals surface area contributed by atoms with Crippen molar-refractivity contribution in [3.05, 3.63) is 130 Å². The fraction of sp³-hybridized carbons (Fsp3) is 0.179. The number of aldehydes is 2. The van der Waals surface area contributed by atoms with Crippen LogP contribution >= 0.6 is 0 Å². The van der Waals surface area contributed by atoms with Crippen molar-refractivity contribution in [1.29, 1.82) is 0 Å². The van der Waals surface area contributed by atoms with Crippen molar-refractivity contribution in [2.75, 3.05) is 13.2 Å². The van der Waals surface area contributed by atoms with E-state index in [2.05, 4.69) is 13.8 Å². The van der Waals surface area contributed by atoms with E-state index >= 15 is 0 Å². The summed E-state index contributed by atoms with van der Waals surface area (Å²) in [6, 6.07) is 30.0. The predicted molar refractivity (Wildman–Crippen MR) is 177 cm³/mol. The van der Waals surface area contributed by atoms with E-state index in [0.29, 0.717) is 35.2 Å². The molecule has 0 bridgehead atoms. The molecule has 2 atom stereocenters. The Bertz CT molecular complexity index is 1750. The van der Waals surface area contributed by atoms with Crippen LogP contribution < -0.4 is 9.47 Å². The van der Waals surface area contributed by atoms with Crippen LogP contribution in [0.3, 0.4) is 0 Å². The predicted octanol–water partition coefficient (Wildman–Crippen LogP) is 6.10. The first-order valence-corrected chi connectivity index (χ1v) is 15.2. The lowest BCUT2D eigenvalue weighted by atomic mass is 9.78. The maximum absolute atomic E-state index is 12.5. The van der Waals surface area contributed by atoms with E-state index in [1.165, 1.54) is 0 Å². The quantitative estimate of drug-likeness (QED) is 0.122. The van der Waals surface area contributed by atoms with Gasteiger partial charge >= 0.3 is 11.9 Å². The van der Waals surface area contributed by atoms with Crippen LogP contribution in [0.4, 0.5) is 0 Å². The van der Waals surface area contributed by atoms with Gasteiger partial charge in [-0.05, 0) is 69.8 Å². The highest BCUT2D eigenvalue weighted by atomic mass is 16.6. The van der Waals surface area contributed by atoms with Gasteiger partial charge in [0.05, 0.1) is 11.1 Å². The number of ether oxygens (including phenoxy) is 4. The molecule has 4 aromatic carbocycles. The molecular formula is C39H32O8. The van der Waals surface area contributed by atoms with Crippen molar-refractivity contribution < 1.29 is 38.1 Å². The summed E-state index contributed by atoms with van der Waals surface area (Å²) in [5.74, 6) is -0.0447. The van der Waals surface area contributed by atoms with E-state index in [9.17, 15) is 19.2 Å². The maximum atomic E-state index is 12.5. The van der Waals surface area contributed by atoms with Gasteiger partial charge in [0.15, 0.2) is 24.8 Å². The number of hydrogen-bond acceptors (Lipinski definition) is 8. The van der Waals surface area contributed by atoms with Crippen molar-refractivity contribution in [2.45, 2.75) is 31.5 Å². The van der Waals surface area contributed by atoms with Gasteiger partial charge in [-0.1, -0.05) is 86.6 Å². The minimum Gasteiger partial charge on any atom is -0.489 e. The summed E-state index contributed by atoms with van der Waals surface area (Å²) in [5, 5.41) is 0. The molecule has 0 N–H and O–H groups in total. The number of benzene rings is 4. The van der Waals surface area contributed by atoms with Crippen LogP contribution in [0.25, 0.3) is 23.3 Å². The zero-order chi connectivity index (χ0) is 33.0. The SMILES string of the molecule is CC(C)(c1ccc(OCC(C=O)OC(=O)C2=Cc3ccccc32)cc1)c1ccc(OCC(C=O)OC(=O)C2=Cc3ccccc32)cc1. The van der Waals surface area contributed by atoms with Crippen molar-refractivity contribution >= 4 is 47.8 Å². The summed E-state index contributed by atoms with van der Waals surface area (Å²) in [5.41, 5.74) is 6.09. The molecule has 0 heterocycles. The van der Waals surface area contributed by atoms with Gasteiger partial charge in [-0.25, -0.2) is 9.59 Å². The molecule has 8 nitrogen and oxygen atoms in total. The molecule has 0 radical (unpaired) electrons. The third kappa shape index (κ3) is 6.63. The molecule has 0 saturated carbocycles. The molecule has 236 valence electrons. The topological polar surface area (TPSA) is 105 Å². The van der Waals surface area contributed by atoms with E-state index in [1.807, 2.05) is 97.1 Å². The zero-order valence-corrected chi connectivity index (χ0v) is 25.9. The van der Waals surface area contributed by atoms with Gasteiger partial charge in [0.25, 0.3) is 0 Å². The van der Waals surface area contributed by atoms with Crippen LogP contribution in [0.15, 0.2) is 97.1 Å². The second-order valence-electron chi connectivity index (χ2n) is 11.7. The monoisotopic (exact) mass is 628 g/mol. The van der Waals surface area contributed by atoms with Crippen molar-refractivity contribution in [3.63, 3.8) is 0 Å². The standard InChI is InChI=1S/C39H32O8/c1-39(2,27-11-15-29(16-12-27)44-23-31(21-40)46-37(42)35-19-25-7-3-5-9-33(25)35)28-13-17-30(18-14-28)45-24-32(22-41)47-38(43)36-20-26-8-4-6-10-34(26)36/h3-22,31-32H,23-24H2,1-2H3. The van der Waals surface area contributed by atoms with E-state index in [0.717, 1.165) is 33.4 Å². The van der Waals surface area contributed by atoms with Gasteiger partial charge in [0.2, 0.25) is 0 Å². The number of esters is 2. The fourth-order valence-electron chi connectivity index (χ4n) is 5.45. The maximum Gasteiger partial charge on any atom is 0.339 e. The molecule has 47 heavy (non-hydrogen) atoms. The van der Waals surface area contributed by atoms with Gasteiger partial charge < -0.3 is 18.9 Å². The van der Waals surface area contributed by atoms with Crippen LogP contribution in [0.1, 0.15) is 47.2 Å². The molecule has 0 aliphatic heterocycles. The molecule has 0 saturated heterocycles. The molecular weight excluding hydrogens is 596 g/mol. The van der Waals surface area contributed by atoms with Gasteiger partial charge in [0.1, 0.15) is 24.7 Å². The molecule has 2 aliphatic rings. The lowest BCUT2D eigenvalue weighted by Crippen LogP contribution is -2.28. The summed E-state index contributed by atoms with van der Waals surface area (Å²) < 4.78 is 22.2. The average Bonchev–Trinajstić information content (AvgIpc) is 3.06. The molecule has 6 rings (SSSR count). The Morgan fingerprint density at radius 2 is 0.979 bits per heavy atom. The van der Waals surface area contributed by atoms with Gasteiger partial charge in [0, 0.05) is 5.41 Å². The van der Waals surface area contributed by atoms with Crippen molar-refractivity contribution in [3.8, 4) is 11.5 Å². The number of fused-ring (bicyclic) bond motifs is 2. The fourth-order valence-corrected chi connectivity index (χ4v) is 5.45. The van der Waals surface area contributed by atoms with Crippen LogP contribution in [0.5, 0.6) is 11.5 Å². The van der Waals surface area contributed by atoms with E-state index in [4.69, 9.17) is 18.9 Å². The number of rotatable bonds is 14. The number of carbonyl (C=O) groups excluding carboxylic acids is 4. The first-order chi connectivity index (χ1) is 22.8. The summed E-state index contributed by atoms with van der Waals surface area (Å²) in [6.07, 6.45) is 2.51. The first kappa shape index (κ1) is 31.2. The van der Waals surface area contributed by atoms with Crippen LogP contribution in [-0.2, 0) is 34.1 Å². The van der Waals surface area contributed by atoms with Crippen LogP contribution in [0.2, 0.25) is 0 Å².